The summed E-state index contributed by atoms with van der Waals surface area (Å²) in [7, 11) is 0. The van der Waals surface area contributed by atoms with E-state index in [1.54, 1.807) is 0 Å². The molecule has 358 valence electrons. The standard InChI is InChI=1S/C55H102O6/c1-4-7-10-13-16-19-22-25-27-30-33-36-39-42-45-48-54(57)60-51-52(50-59-53(56)47-44-41-38-35-32-29-24-21-18-15-12-9-6-3)61-55(58)49-46-43-40-37-34-31-28-26-23-20-17-14-11-8-5-2/h21,24-25,27,52H,4-20,22-23,26,28-51H2,1-3H3/b24-21-,27-25-/t52-/m1/s1. The Bertz CT molecular complexity index is 989. The topological polar surface area (TPSA) is 78.9 Å². The Morgan fingerprint density at radius 3 is 0.836 bits per heavy atom. The van der Waals surface area contributed by atoms with E-state index in [-0.39, 0.29) is 31.1 Å². The van der Waals surface area contributed by atoms with Crippen molar-refractivity contribution in [1.82, 2.24) is 0 Å². The summed E-state index contributed by atoms with van der Waals surface area (Å²) >= 11 is 0. The second-order valence-corrected chi connectivity index (χ2v) is 18.1. The number of unbranched alkanes of at least 4 members (excludes halogenated alkanes) is 34. The minimum Gasteiger partial charge on any atom is -0.462 e. The van der Waals surface area contributed by atoms with Gasteiger partial charge >= 0.3 is 17.9 Å². The monoisotopic (exact) mass is 859 g/mol. The Morgan fingerprint density at radius 1 is 0.311 bits per heavy atom. The van der Waals surface area contributed by atoms with E-state index >= 15 is 0 Å². The highest BCUT2D eigenvalue weighted by molar-refractivity contribution is 5.71. The lowest BCUT2D eigenvalue weighted by atomic mass is 10.0. The van der Waals surface area contributed by atoms with Crippen molar-refractivity contribution < 1.29 is 28.6 Å². The molecule has 0 unspecified atom stereocenters. The number of hydrogen-bond acceptors (Lipinski definition) is 6. The Labute approximate surface area is 379 Å². The first-order valence-corrected chi connectivity index (χ1v) is 26.8. The molecule has 0 aliphatic rings. The van der Waals surface area contributed by atoms with E-state index in [0.29, 0.717) is 19.3 Å². The fourth-order valence-electron chi connectivity index (χ4n) is 7.84. The second kappa shape index (κ2) is 50.5. The zero-order valence-electron chi connectivity index (χ0n) is 40.9. The van der Waals surface area contributed by atoms with Crippen LogP contribution in [0.15, 0.2) is 24.3 Å². The van der Waals surface area contributed by atoms with Crippen LogP contribution in [-0.2, 0) is 28.6 Å². The minimum atomic E-state index is -0.773. The summed E-state index contributed by atoms with van der Waals surface area (Å²) in [5, 5.41) is 0. The Morgan fingerprint density at radius 2 is 0.541 bits per heavy atom. The van der Waals surface area contributed by atoms with Gasteiger partial charge in [0.2, 0.25) is 0 Å². The predicted octanol–water partition coefficient (Wildman–Crippen LogP) is 17.5. The minimum absolute atomic E-state index is 0.0744. The van der Waals surface area contributed by atoms with Gasteiger partial charge in [-0.05, 0) is 70.6 Å². The first-order valence-electron chi connectivity index (χ1n) is 26.8. The number of esters is 3. The maximum Gasteiger partial charge on any atom is 0.306 e. The van der Waals surface area contributed by atoms with Gasteiger partial charge in [-0.3, -0.25) is 14.4 Å². The van der Waals surface area contributed by atoms with Gasteiger partial charge in [0.25, 0.3) is 0 Å². The highest BCUT2D eigenvalue weighted by atomic mass is 16.6. The highest BCUT2D eigenvalue weighted by Crippen LogP contribution is 2.16. The molecule has 0 saturated heterocycles. The van der Waals surface area contributed by atoms with E-state index in [4.69, 9.17) is 14.2 Å². The van der Waals surface area contributed by atoms with Gasteiger partial charge in [-0.25, -0.2) is 0 Å². The zero-order valence-corrected chi connectivity index (χ0v) is 40.9. The molecule has 0 radical (unpaired) electrons. The predicted molar refractivity (Wildman–Crippen MR) is 261 cm³/mol. The smallest absolute Gasteiger partial charge is 0.306 e. The third-order valence-electron chi connectivity index (χ3n) is 11.9. The fraction of sp³-hybridized carbons (Fsp3) is 0.873. The zero-order chi connectivity index (χ0) is 44.4. The summed E-state index contributed by atoms with van der Waals surface area (Å²) in [5.74, 6) is -0.876. The summed E-state index contributed by atoms with van der Waals surface area (Å²) in [6.07, 6.45) is 57.3. The van der Waals surface area contributed by atoms with Gasteiger partial charge in [-0.1, -0.05) is 225 Å². The third kappa shape index (κ3) is 48.8. The summed E-state index contributed by atoms with van der Waals surface area (Å²) < 4.78 is 16.8. The quantitative estimate of drug-likeness (QED) is 0.0262. The molecular weight excluding hydrogens is 757 g/mol. The molecule has 0 saturated carbocycles. The molecule has 0 heterocycles. The molecule has 0 fully saturated rings. The lowest BCUT2D eigenvalue weighted by Crippen LogP contribution is -2.30. The van der Waals surface area contributed by atoms with E-state index in [2.05, 4.69) is 45.1 Å². The van der Waals surface area contributed by atoms with Crippen molar-refractivity contribution in [3.8, 4) is 0 Å². The van der Waals surface area contributed by atoms with Gasteiger partial charge in [0.1, 0.15) is 13.2 Å². The number of hydrogen-bond donors (Lipinski definition) is 0. The maximum atomic E-state index is 12.8. The van der Waals surface area contributed by atoms with E-state index < -0.39 is 6.10 Å². The SMILES string of the molecule is CCCCCC/C=C\CCCCCCCC(=O)OC[C@H](COC(=O)CCCCCCC/C=C\CCCCCCCC)OC(=O)CCCCCCCCCCCCCCCCC. The molecular formula is C55H102O6. The third-order valence-corrected chi connectivity index (χ3v) is 11.9. The van der Waals surface area contributed by atoms with Crippen LogP contribution in [0.25, 0.3) is 0 Å². The molecule has 0 aromatic rings. The molecule has 0 spiro atoms. The molecule has 0 aliphatic carbocycles. The van der Waals surface area contributed by atoms with E-state index in [1.807, 2.05) is 0 Å². The molecule has 0 aliphatic heterocycles. The molecule has 0 rings (SSSR count). The van der Waals surface area contributed by atoms with Crippen LogP contribution in [-0.4, -0.2) is 37.2 Å². The van der Waals surface area contributed by atoms with Gasteiger partial charge in [-0.2, -0.15) is 0 Å². The largest absolute Gasteiger partial charge is 0.462 e. The summed E-state index contributed by atoms with van der Waals surface area (Å²) in [6, 6.07) is 0. The van der Waals surface area contributed by atoms with Crippen molar-refractivity contribution in [2.45, 2.75) is 297 Å². The van der Waals surface area contributed by atoms with Crippen LogP contribution in [0.3, 0.4) is 0 Å². The van der Waals surface area contributed by atoms with Crippen LogP contribution in [0.5, 0.6) is 0 Å². The van der Waals surface area contributed by atoms with Gasteiger partial charge in [-0.15, -0.1) is 0 Å². The Hall–Kier alpha value is -2.11. The van der Waals surface area contributed by atoms with Gasteiger partial charge < -0.3 is 14.2 Å². The molecule has 0 bridgehead atoms. The van der Waals surface area contributed by atoms with Crippen molar-refractivity contribution >= 4 is 17.9 Å². The Balaban J connectivity index is 4.36. The van der Waals surface area contributed by atoms with Crippen LogP contribution >= 0.6 is 0 Å². The summed E-state index contributed by atoms with van der Waals surface area (Å²) in [6.45, 7) is 6.64. The van der Waals surface area contributed by atoms with Crippen LogP contribution in [0.1, 0.15) is 290 Å². The van der Waals surface area contributed by atoms with Crippen molar-refractivity contribution in [3.63, 3.8) is 0 Å². The van der Waals surface area contributed by atoms with Crippen LogP contribution in [0.4, 0.5) is 0 Å². The number of carbonyl (C=O) groups is 3. The summed E-state index contributed by atoms with van der Waals surface area (Å²) in [4.78, 5) is 38.0. The average Bonchev–Trinajstić information content (AvgIpc) is 3.26. The number of rotatable bonds is 49. The van der Waals surface area contributed by atoms with E-state index in [1.165, 1.54) is 180 Å². The fourth-order valence-corrected chi connectivity index (χ4v) is 7.84. The van der Waals surface area contributed by atoms with Crippen molar-refractivity contribution in [3.05, 3.63) is 24.3 Å². The number of carbonyl (C=O) groups excluding carboxylic acids is 3. The molecule has 6 heteroatoms. The summed E-state index contributed by atoms with van der Waals surface area (Å²) in [5.41, 5.74) is 0. The average molecular weight is 859 g/mol. The van der Waals surface area contributed by atoms with Crippen molar-refractivity contribution in [2.24, 2.45) is 0 Å². The number of allylic oxidation sites excluding steroid dienone is 4. The van der Waals surface area contributed by atoms with Gasteiger partial charge in [0, 0.05) is 19.3 Å². The second-order valence-electron chi connectivity index (χ2n) is 18.1. The number of ether oxygens (including phenoxy) is 3. The molecule has 1 atom stereocenters. The molecule has 61 heavy (non-hydrogen) atoms. The normalized spacial score (nSPS) is 12.1. The molecule has 0 amide bonds. The maximum absolute atomic E-state index is 12.8. The molecule has 0 aromatic carbocycles. The van der Waals surface area contributed by atoms with Crippen molar-refractivity contribution in [1.29, 1.82) is 0 Å². The first kappa shape index (κ1) is 58.9. The lowest BCUT2D eigenvalue weighted by Gasteiger charge is -2.18. The van der Waals surface area contributed by atoms with E-state index in [9.17, 15) is 14.4 Å². The molecule has 0 N–H and O–H groups in total. The first-order chi connectivity index (χ1) is 30.0. The van der Waals surface area contributed by atoms with Gasteiger partial charge in [0.05, 0.1) is 0 Å². The molecule has 6 nitrogen and oxygen atoms in total. The van der Waals surface area contributed by atoms with E-state index in [0.717, 1.165) is 70.6 Å². The molecule has 0 aromatic heterocycles. The Kier molecular flexibility index (Phi) is 48.8. The van der Waals surface area contributed by atoms with Crippen LogP contribution in [0, 0.1) is 0 Å². The van der Waals surface area contributed by atoms with Crippen LogP contribution < -0.4 is 0 Å². The lowest BCUT2D eigenvalue weighted by molar-refractivity contribution is -0.167. The van der Waals surface area contributed by atoms with Crippen LogP contribution in [0.2, 0.25) is 0 Å². The van der Waals surface area contributed by atoms with Gasteiger partial charge in [0.15, 0.2) is 6.10 Å². The highest BCUT2D eigenvalue weighted by Gasteiger charge is 2.19. The van der Waals surface area contributed by atoms with Crippen molar-refractivity contribution in [2.75, 3.05) is 13.2 Å².